The van der Waals surface area contributed by atoms with Crippen molar-refractivity contribution in [3.8, 4) is 0 Å². The van der Waals surface area contributed by atoms with Crippen molar-refractivity contribution in [1.82, 2.24) is 0 Å². The summed E-state index contributed by atoms with van der Waals surface area (Å²) in [6, 6.07) is 5.25. The fourth-order valence-electron chi connectivity index (χ4n) is 1.02. The normalized spacial score (nSPS) is 11.4. The first-order chi connectivity index (χ1) is 6.46. The molecule has 76 valence electrons. The molecular formula is C9H7CrF3O. The van der Waals surface area contributed by atoms with Gasteiger partial charge in [0.2, 0.25) is 0 Å². The van der Waals surface area contributed by atoms with Crippen LogP contribution in [0.3, 0.4) is 0 Å². The van der Waals surface area contributed by atoms with Gasteiger partial charge < -0.3 is 0 Å². The zero-order valence-corrected chi connectivity index (χ0v) is 8.53. The van der Waals surface area contributed by atoms with Crippen LogP contribution in [0.15, 0.2) is 24.3 Å². The van der Waals surface area contributed by atoms with E-state index in [1.165, 1.54) is 25.3 Å². The van der Waals surface area contributed by atoms with Crippen LogP contribution in [0.5, 0.6) is 0 Å². The van der Waals surface area contributed by atoms with Gasteiger partial charge in [-0.05, 0) is 0 Å². The van der Waals surface area contributed by atoms with E-state index in [4.69, 9.17) is 4.74 Å². The molecule has 0 saturated heterocycles. The molecule has 0 unspecified atom stereocenters. The second-order valence-electron chi connectivity index (χ2n) is 2.53. The topological polar surface area (TPSA) is 9.23 Å². The summed E-state index contributed by atoms with van der Waals surface area (Å²) in [5, 5.41) is 0. The van der Waals surface area contributed by atoms with Crippen LogP contribution in [0.4, 0.5) is 13.2 Å². The Kier molecular flexibility index (Phi) is 3.49. The number of hydrogen-bond donors (Lipinski definition) is 0. The molecule has 0 heterocycles. The zero-order chi connectivity index (χ0) is 10.8. The van der Waals surface area contributed by atoms with Crippen molar-refractivity contribution in [3.05, 3.63) is 35.4 Å². The molecule has 0 aromatic heterocycles. The Morgan fingerprint density at radius 1 is 1.29 bits per heavy atom. The van der Waals surface area contributed by atoms with Crippen molar-refractivity contribution in [2.45, 2.75) is 6.18 Å². The summed E-state index contributed by atoms with van der Waals surface area (Å²) in [4.78, 5) is 0. The molecule has 0 saturated carbocycles. The molecule has 0 N–H and O–H groups in total. The summed E-state index contributed by atoms with van der Waals surface area (Å²) in [5.41, 5.74) is -0.668. The summed E-state index contributed by atoms with van der Waals surface area (Å²) in [6.07, 6.45) is -4.36. The van der Waals surface area contributed by atoms with Crippen LogP contribution < -0.4 is 0 Å². The Hall–Kier alpha value is -0.628. The van der Waals surface area contributed by atoms with Crippen molar-refractivity contribution in [3.63, 3.8) is 0 Å². The number of benzene rings is 1. The Balaban J connectivity index is 3.23. The molecule has 0 bridgehead atoms. The Morgan fingerprint density at radius 3 is 2.36 bits per heavy atom. The number of alkyl halides is 3. The van der Waals surface area contributed by atoms with E-state index >= 15 is 0 Å². The van der Waals surface area contributed by atoms with Crippen molar-refractivity contribution >= 4 is 4.57 Å². The van der Waals surface area contributed by atoms with Gasteiger partial charge in [-0.2, -0.15) is 0 Å². The van der Waals surface area contributed by atoms with E-state index in [2.05, 4.69) is 15.9 Å². The van der Waals surface area contributed by atoms with Crippen LogP contribution >= 0.6 is 0 Å². The molecule has 1 nitrogen and oxygen atoms in total. The maximum atomic E-state index is 12.5. The van der Waals surface area contributed by atoms with Crippen LogP contribution in [0.2, 0.25) is 0 Å². The predicted octanol–water partition coefficient (Wildman–Crippen LogP) is 2.38. The quantitative estimate of drug-likeness (QED) is 0.771. The first-order valence-corrected chi connectivity index (χ1v) is 4.35. The van der Waals surface area contributed by atoms with Gasteiger partial charge >= 0.3 is 87.0 Å². The molecule has 0 radical (unpaired) electrons. The third-order valence-corrected chi connectivity index (χ3v) is 2.24. The fraction of sp³-hybridized carbons (Fsp3) is 0.222. The van der Waals surface area contributed by atoms with E-state index in [0.717, 1.165) is 6.07 Å². The summed E-state index contributed by atoms with van der Waals surface area (Å²) >= 11 is 2.45. The van der Waals surface area contributed by atoms with E-state index in [9.17, 15) is 13.2 Å². The fourth-order valence-corrected chi connectivity index (χ4v) is 1.30. The molecule has 1 aromatic rings. The molecule has 0 spiro atoms. The molecule has 1 aromatic carbocycles. The van der Waals surface area contributed by atoms with Gasteiger partial charge in [-0.25, -0.2) is 0 Å². The Bertz CT molecular complexity index is 346. The SMILES string of the molecule is CO[C](=[Cr])c1ccccc1C(F)(F)F. The monoisotopic (exact) mass is 240 g/mol. The molecule has 0 fully saturated rings. The standard InChI is InChI=1S/C9H7F3O.Cr/c1-13-6-7-4-2-3-5-8(7)9(10,11)12;/h2-5H,1H3;. The maximum absolute atomic E-state index is 12.5. The summed E-state index contributed by atoms with van der Waals surface area (Å²) < 4.78 is 42.3. The van der Waals surface area contributed by atoms with Gasteiger partial charge in [-0.15, -0.1) is 0 Å². The molecule has 0 aliphatic heterocycles. The van der Waals surface area contributed by atoms with E-state index in [1.807, 2.05) is 0 Å². The van der Waals surface area contributed by atoms with Gasteiger partial charge in [0.25, 0.3) is 0 Å². The molecule has 5 heteroatoms. The first-order valence-electron chi connectivity index (χ1n) is 3.71. The predicted molar refractivity (Wildman–Crippen MR) is 42.6 cm³/mol. The molecule has 0 amide bonds. The van der Waals surface area contributed by atoms with Crippen LogP contribution in [0.1, 0.15) is 11.1 Å². The number of methoxy groups -OCH3 is 1. The Morgan fingerprint density at radius 2 is 1.86 bits per heavy atom. The van der Waals surface area contributed by atoms with E-state index < -0.39 is 11.7 Å². The number of halogens is 3. The summed E-state index contributed by atoms with van der Waals surface area (Å²) in [7, 11) is 1.32. The van der Waals surface area contributed by atoms with E-state index in [0.29, 0.717) is 0 Å². The second-order valence-corrected chi connectivity index (χ2v) is 3.11. The van der Waals surface area contributed by atoms with Gasteiger partial charge in [-0.1, -0.05) is 0 Å². The average molecular weight is 240 g/mol. The number of rotatable bonds is 2. The molecule has 1 rings (SSSR count). The van der Waals surface area contributed by atoms with E-state index in [-0.39, 0.29) is 10.1 Å². The Labute approximate surface area is 87.5 Å². The van der Waals surface area contributed by atoms with Gasteiger partial charge in [-0.3, -0.25) is 0 Å². The van der Waals surface area contributed by atoms with Crippen LogP contribution in [0, 0.1) is 0 Å². The van der Waals surface area contributed by atoms with E-state index in [1.54, 1.807) is 0 Å². The van der Waals surface area contributed by atoms with Crippen molar-refractivity contribution in [1.29, 1.82) is 0 Å². The van der Waals surface area contributed by atoms with Crippen LogP contribution in [-0.4, -0.2) is 11.7 Å². The summed E-state index contributed by atoms with van der Waals surface area (Å²) in [6.45, 7) is 0. The van der Waals surface area contributed by atoms with Crippen LogP contribution in [0.25, 0.3) is 0 Å². The van der Waals surface area contributed by atoms with Gasteiger partial charge in [0.15, 0.2) is 0 Å². The van der Waals surface area contributed by atoms with Crippen molar-refractivity contribution in [2.24, 2.45) is 0 Å². The minimum absolute atomic E-state index is 0.0301. The summed E-state index contributed by atoms with van der Waals surface area (Å²) in [5.74, 6) is 0. The van der Waals surface area contributed by atoms with Gasteiger partial charge in [0.1, 0.15) is 0 Å². The average Bonchev–Trinajstić information content (AvgIpc) is 2.15. The molecule has 0 aliphatic rings. The van der Waals surface area contributed by atoms with Gasteiger partial charge in [0, 0.05) is 0 Å². The number of hydrogen-bond acceptors (Lipinski definition) is 1. The first kappa shape index (κ1) is 11.4. The molecule has 0 aliphatic carbocycles. The zero-order valence-electron chi connectivity index (χ0n) is 7.26. The molecular weight excluding hydrogens is 233 g/mol. The second kappa shape index (κ2) is 4.26. The third-order valence-electron chi connectivity index (χ3n) is 1.64. The third kappa shape index (κ3) is 2.44. The van der Waals surface area contributed by atoms with Crippen molar-refractivity contribution in [2.75, 3.05) is 7.11 Å². The van der Waals surface area contributed by atoms with Crippen molar-refractivity contribution < 1.29 is 33.8 Å². The minimum atomic E-state index is -4.36. The molecule has 14 heavy (non-hydrogen) atoms. The number of ether oxygens (including phenoxy) is 1. The van der Waals surface area contributed by atoms with Crippen LogP contribution in [-0.2, 0) is 26.8 Å². The van der Waals surface area contributed by atoms with Gasteiger partial charge in [0.05, 0.1) is 0 Å². The molecule has 0 atom stereocenters.